The minimum Gasteiger partial charge on any atom is -0.479 e. The van der Waals surface area contributed by atoms with Crippen LogP contribution in [0.5, 0.6) is 0 Å². The Balaban J connectivity index is 2.26. The van der Waals surface area contributed by atoms with Crippen LogP contribution in [0.25, 0.3) is 0 Å². The topological polar surface area (TPSA) is 81.8 Å². The van der Waals surface area contributed by atoms with E-state index in [2.05, 4.69) is 0 Å². The Morgan fingerprint density at radius 1 is 1.21 bits per heavy atom. The Morgan fingerprint density at radius 3 is 2.58 bits per heavy atom. The number of rotatable bonds is 10. The molecule has 0 aliphatic heterocycles. The highest BCUT2D eigenvalue weighted by Gasteiger charge is 2.17. The van der Waals surface area contributed by atoms with Gasteiger partial charge in [0.25, 0.3) is 0 Å². The van der Waals surface area contributed by atoms with Gasteiger partial charge in [-0.3, -0.25) is 0 Å². The number of carbonyl (C=O) groups is 1. The molecule has 0 fully saturated rings. The van der Waals surface area contributed by atoms with Crippen LogP contribution in [-0.2, 0) is 20.7 Å². The van der Waals surface area contributed by atoms with E-state index in [0.717, 1.165) is 5.56 Å². The average Bonchev–Trinajstić information content (AvgIpc) is 2.42. The van der Waals surface area contributed by atoms with Crippen LogP contribution in [0.4, 0.5) is 0 Å². The molecule has 0 spiro atoms. The third kappa shape index (κ3) is 6.91. The van der Waals surface area contributed by atoms with Crippen molar-refractivity contribution in [1.82, 2.24) is 0 Å². The molecule has 1 unspecified atom stereocenters. The third-order valence-corrected chi connectivity index (χ3v) is 2.62. The quantitative estimate of drug-likeness (QED) is 0.620. The summed E-state index contributed by atoms with van der Waals surface area (Å²) in [5, 5.41) is 9.07. The molecule has 3 N–H and O–H groups in total. The molecule has 1 rings (SSSR count). The summed E-state index contributed by atoms with van der Waals surface area (Å²) in [5.41, 5.74) is 6.38. The zero-order valence-corrected chi connectivity index (χ0v) is 11.0. The molecular weight excluding hydrogens is 246 g/mol. The molecule has 0 amide bonds. The zero-order chi connectivity index (χ0) is 13.9. The number of carboxylic acids is 1. The number of nitrogens with two attached hydrogens (primary N) is 1. The summed E-state index contributed by atoms with van der Waals surface area (Å²) < 4.78 is 10.4. The Bertz CT molecular complexity index is 356. The first-order valence-corrected chi connectivity index (χ1v) is 6.40. The van der Waals surface area contributed by atoms with Crippen molar-refractivity contribution in [3.63, 3.8) is 0 Å². The Kier molecular flexibility index (Phi) is 7.81. The standard InChI is InChI=1S/C14H21NO4/c15-8-9-18-10-11-19-13(14(16)17)7-6-12-4-2-1-3-5-12/h1-5,13H,6-11,15H2,(H,16,17). The highest BCUT2D eigenvalue weighted by Crippen LogP contribution is 2.07. The predicted molar refractivity (Wildman–Crippen MR) is 72.0 cm³/mol. The van der Waals surface area contributed by atoms with E-state index in [1.807, 2.05) is 30.3 Å². The summed E-state index contributed by atoms with van der Waals surface area (Å²) >= 11 is 0. The van der Waals surface area contributed by atoms with Gasteiger partial charge in [0.2, 0.25) is 0 Å². The van der Waals surface area contributed by atoms with Gasteiger partial charge in [0.1, 0.15) is 0 Å². The van der Waals surface area contributed by atoms with Gasteiger partial charge in [0.05, 0.1) is 19.8 Å². The number of aliphatic carboxylic acids is 1. The molecule has 0 aromatic heterocycles. The molecule has 0 radical (unpaired) electrons. The van der Waals surface area contributed by atoms with E-state index in [0.29, 0.717) is 32.6 Å². The largest absolute Gasteiger partial charge is 0.479 e. The number of benzene rings is 1. The first-order valence-electron chi connectivity index (χ1n) is 6.40. The Labute approximate surface area is 113 Å². The lowest BCUT2D eigenvalue weighted by atomic mass is 10.1. The van der Waals surface area contributed by atoms with Crippen molar-refractivity contribution >= 4 is 5.97 Å². The fourth-order valence-electron chi connectivity index (χ4n) is 1.66. The summed E-state index contributed by atoms with van der Waals surface area (Å²) in [6.45, 7) is 1.56. The number of ether oxygens (including phenoxy) is 2. The van der Waals surface area contributed by atoms with Gasteiger partial charge in [0.15, 0.2) is 6.10 Å². The molecule has 0 aliphatic carbocycles. The maximum absolute atomic E-state index is 11.1. The van der Waals surface area contributed by atoms with Gasteiger partial charge < -0.3 is 20.3 Å². The van der Waals surface area contributed by atoms with Crippen LogP contribution in [0, 0.1) is 0 Å². The second kappa shape index (κ2) is 9.49. The van der Waals surface area contributed by atoms with Crippen molar-refractivity contribution in [2.45, 2.75) is 18.9 Å². The normalized spacial score (nSPS) is 12.3. The second-order valence-electron chi connectivity index (χ2n) is 4.12. The van der Waals surface area contributed by atoms with Crippen molar-refractivity contribution in [3.8, 4) is 0 Å². The molecule has 0 saturated carbocycles. The number of hydrogen-bond donors (Lipinski definition) is 2. The number of aryl methyl sites for hydroxylation is 1. The smallest absolute Gasteiger partial charge is 0.332 e. The van der Waals surface area contributed by atoms with Crippen molar-refractivity contribution in [3.05, 3.63) is 35.9 Å². The maximum atomic E-state index is 11.1. The molecule has 106 valence electrons. The SMILES string of the molecule is NCCOCCOC(CCc1ccccc1)C(=O)O. The lowest BCUT2D eigenvalue weighted by molar-refractivity contribution is -0.151. The van der Waals surface area contributed by atoms with Crippen molar-refractivity contribution in [2.24, 2.45) is 5.73 Å². The van der Waals surface area contributed by atoms with Crippen molar-refractivity contribution < 1.29 is 19.4 Å². The third-order valence-electron chi connectivity index (χ3n) is 2.62. The first kappa shape index (κ1) is 15.6. The van der Waals surface area contributed by atoms with E-state index < -0.39 is 12.1 Å². The lowest BCUT2D eigenvalue weighted by Gasteiger charge is -2.13. The van der Waals surface area contributed by atoms with Crippen LogP contribution in [-0.4, -0.2) is 43.5 Å². The van der Waals surface area contributed by atoms with Crippen LogP contribution < -0.4 is 5.73 Å². The van der Waals surface area contributed by atoms with Crippen LogP contribution in [0.15, 0.2) is 30.3 Å². The van der Waals surface area contributed by atoms with Crippen molar-refractivity contribution in [2.75, 3.05) is 26.4 Å². The molecule has 0 heterocycles. The maximum Gasteiger partial charge on any atom is 0.332 e. The summed E-state index contributed by atoms with van der Waals surface area (Å²) in [4.78, 5) is 11.1. The van der Waals surface area contributed by atoms with E-state index in [1.54, 1.807) is 0 Å². The minimum atomic E-state index is -0.935. The van der Waals surface area contributed by atoms with Crippen LogP contribution in [0.2, 0.25) is 0 Å². The molecule has 1 atom stereocenters. The highest BCUT2D eigenvalue weighted by molar-refractivity contribution is 5.72. The Hall–Kier alpha value is -1.43. The number of carboxylic acid groups (broad SMARTS) is 1. The predicted octanol–water partition coefficient (Wildman–Crippen LogP) is 1.06. The fourth-order valence-corrected chi connectivity index (χ4v) is 1.66. The van der Waals surface area contributed by atoms with Crippen LogP contribution >= 0.6 is 0 Å². The van der Waals surface area contributed by atoms with Gasteiger partial charge in [-0.15, -0.1) is 0 Å². The summed E-state index contributed by atoms with van der Waals surface area (Å²) in [6.07, 6.45) is 0.346. The van der Waals surface area contributed by atoms with E-state index in [-0.39, 0.29) is 6.61 Å². The monoisotopic (exact) mass is 267 g/mol. The summed E-state index contributed by atoms with van der Waals surface area (Å²) in [6, 6.07) is 9.76. The zero-order valence-electron chi connectivity index (χ0n) is 11.0. The van der Waals surface area contributed by atoms with Crippen LogP contribution in [0.3, 0.4) is 0 Å². The van der Waals surface area contributed by atoms with E-state index in [1.165, 1.54) is 0 Å². The fraction of sp³-hybridized carbons (Fsp3) is 0.500. The van der Waals surface area contributed by atoms with Gasteiger partial charge in [-0.1, -0.05) is 30.3 Å². The highest BCUT2D eigenvalue weighted by atomic mass is 16.5. The minimum absolute atomic E-state index is 0.270. The van der Waals surface area contributed by atoms with Gasteiger partial charge >= 0.3 is 5.97 Å². The van der Waals surface area contributed by atoms with Gasteiger partial charge in [0, 0.05) is 6.54 Å². The molecule has 19 heavy (non-hydrogen) atoms. The van der Waals surface area contributed by atoms with Crippen molar-refractivity contribution in [1.29, 1.82) is 0 Å². The van der Waals surface area contributed by atoms with E-state index in [4.69, 9.17) is 20.3 Å². The van der Waals surface area contributed by atoms with E-state index in [9.17, 15) is 4.79 Å². The van der Waals surface area contributed by atoms with Gasteiger partial charge in [-0.25, -0.2) is 4.79 Å². The van der Waals surface area contributed by atoms with Gasteiger partial charge in [-0.05, 0) is 18.4 Å². The molecule has 1 aromatic rings. The van der Waals surface area contributed by atoms with Gasteiger partial charge in [-0.2, -0.15) is 0 Å². The number of hydrogen-bond acceptors (Lipinski definition) is 4. The molecule has 5 nitrogen and oxygen atoms in total. The van der Waals surface area contributed by atoms with Crippen LogP contribution in [0.1, 0.15) is 12.0 Å². The van der Waals surface area contributed by atoms with E-state index >= 15 is 0 Å². The first-order chi connectivity index (χ1) is 9.24. The molecule has 1 aromatic carbocycles. The molecule has 0 aliphatic rings. The molecule has 0 bridgehead atoms. The molecular formula is C14H21NO4. The second-order valence-corrected chi connectivity index (χ2v) is 4.12. The molecule has 0 saturated heterocycles. The lowest BCUT2D eigenvalue weighted by Crippen LogP contribution is -2.26. The molecule has 5 heteroatoms. The summed E-state index contributed by atoms with van der Waals surface area (Å²) in [7, 11) is 0. The average molecular weight is 267 g/mol. The summed E-state index contributed by atoms with van der Waals surface area (Å²) in [5.74, 6) is -0.935. The Morgan fingerprint density at radius 2 is 1.95 bits per heavy atom.